The first kappa shape index (κ1) is 20.6. The van der Waals surface area contributed by atoms with Gasteiger partial charge in [0.15, 0.2) is 5.96 Å². The summed E-state index contributed by atoms with van der Waals surface area (Å²) < 4.78 is 0. The number of hydrogen-bond donors (Lipinski definition) is 2. The predicted molar refractivity (Wildman–Crippen MR) is 113 cm³/mol. The maximum Gasteiger partial charge on any atom is 0.190 e. The smallest absolute Gasteiger partial charge is 0.190 e. The van der Waals surface area contributed by atoms with Crippen LogP contribution < -0.4 is 15.5 Å². The zero-order chi connectivity index (χ0) is 18.6. The van der Waals surface area contributed by atoms with Crippen molar-refractivity contribution in [3.63, 3.8) is 0 Å². The van der Waals surface area contributed by atoms with Crippen LogP contribution in [0, 0.1) is 6.92 Å². The Morgan fingerprint density at radius 3 is 2.42 bits per heavy atom. The van der Waals surface area contributed by atoms with E-state index in [9.17, 15) is 0 Å². The Kier molecular flexibility index (Phi) is 9.32. The second kappa shape index (κ2) is 11.8. The maximum atomic E-state index is 4.27. The summed E-state index contributed by atoms with van der Waals surface area (Å²) in [6.07, 6.45) is 4.83. The van der Waals surface area contributed by atoms with Gasteiger partial charge in [0.05, 0.1) is 0 Å². The average molecular weight is 360 g/mol. The molecule has 2 rings (SSSR count). The van der Waals surface area contributed by atoms with E-state index in [4.69, 9.17) is 0 Å². The van der Waals surface area contributed by atoms with Crippen molar-refractivity contribution >= 4 is 11.6 Å². The number of unbranched alkanes of at least 4 members (excludes halogenated alkanes) is 2. The highest BCUT2D eigenvalue weighted by molar-refractivity contribution is 5.79. The number of nitrogens with zero attached hydrogens (tertiary/aromatic N) is 3. The second-order valence-corrected chi connectivity index (χ2v) is 7.15. The number of guanidine groups is 1. The Morgan fingerprint density at radius 1 is 1.04 bits per heavy atom. The molecule has 0 atom stereocenters. The molecule has 1 aliphatic rings. The van der Waals surface area contributed by atoms with E-state index in [0.29, 0.717) is 0 Å². The van der Waals surface area contributed by atoms with Crippen LogP contribution in [0.25, 0.3) is 0 Å². The van der Waals surface area contributed by atoms with E-state index in [1.54, 1.807) is 0 Å². The third kappa shape index (κ3) is 7.24. The average Bonchev–Trinajstić information content (AvgIpc) is 2.67. The molecule has 1 aliphatic heterocycles. The highest BCUT2D eigenvalue weighted by Gasteiger charge is 2.16. The van der Waals surface area contributed by atoms with Gasteiger partial charge in [-0.3, -0.25) is 9.89 Å². The molecule has 0 unspecified atom stereocenters. The van der Waals surface area contributed by atoms with E-state index in [1.165, 1.54) is 56.6 Å². The lowest BCUT2D eigenvalue weighted by Crippen LogP contribution is -2.46. The third-order valence-corrected chi connectivity index (χ3v) is 4.98. The van der Waals surface area contributed by atoms with Gasteiger partial charge < -0.3 is 15.5 Å². The number of aliphatic imine (C=N–C) groups is 1. The minimum atomic E-state index is 0.935. The van der Waals surface area contributed by atoms with Gasteiger partial charge in [-0.1, -0.05) is 25.5 Å². The van der Waals surface area contributed by atoms with E-state index in [2.05, 4.69) is 63.5 Å². The van der Waals surface area contributed by atoms with Crippen LogP contribution in [-0.2, 0) is 0 Å². The summed E-state index contributed by atoms with van der Waals surface area (Å²) in [6, 6.07) is 8.86. The van der Waals surface area contributed by atoms with Crippen LogP contribution in [0.3, 0.4) is 0 Å². The van der Waals surface area contributed by atoms with Gasteiger partial charge in [0.2, 0.25) is 0 Å². The van der Waals surface area contributed by atoms with Crippen molar-refractivity contribution in [3.8, 4) is 0 Å². The number of piperazine rings is 1. The van der Waals surface area contributed by atoms with Crippen LogP contribution in [0.1, 0.15) is 38.2 Å². The lowest BCUT2D eigenvalue weighted by atomic mass is 10.2. The zero-order valence-corrected chi connectivity index (χ0v) is 16.9. The molecule has 0 amide bonds. The summed E-state index contributed by atoms with van der Waals surface area (Å²) in [6.45, 7) is 12.2. The van der Waals surface area contributed by atoms with Gasteiger partial charge in [0.1, 0.15) is 0 Å². The number of anilines is 1. The SMILES string of the molecule is CCCCNC(=NC)NCCCCN1CCN(c2cccc(C)c2)CC1. The summed E-state index contributed by atoms with van der Waals surface area (Å²) in [5.74, 6) is 0.935. The highest BCUT2D eigenvalue weighted by atomic mass is 15.3. The number of benzene rings is 1. The molecule has 146 valence electrons. The van der Waals surface area contributed by atoms with Gasteiger partial charge in [-0.25, -0.2) is 0 Å². The first-order chi connectivity index (χ1) is 12.7. The molecule has 0 radical (unpaired) electrons. The largest absolute Gasteiger partial charge is 0.369 e. The molecule has 1 aromatic carbocycles. The normalized spacial score (nSPS) is 16.0. The highest BCUT2D eigenvalue weighted by Crippen LogP contribution is 2.17. The fourth-order valence-electron chi connectivity index (χ4n) is 3.33. The number of hydrogen-bond acceptors (Lipinski definition) is 3. The quantitative estimate of drug-likeness (QED) is 0.404. The van der Waals surface area contributed by atoms with E-state index < -0.39 is 0 Å². The first-order valence-electron chi connectivity index (χ1n) is 10.2. The Balaban J connectivity index is 1.56. The van der Waals surface area contributed by atoms with E-state index in [-0.39, 0.29) is 0 Å². The van der Waals surface area contributed by atoms with Crippen molar-refractivity contribution in [2.45, 2.75) is 39.5 Å². The van der Waals surface area contributed by atoms with Crippen molar-refractivity contribution in [3.05, 3.63) is 29.8 Å². The van der Waals surface area contributed by atoms with E-state index in [1.807, 2.05) is 7.05 Å². The maximum absolute atomic E-state index is 4.27. The Hall–Kier alpha value is -1.75. The molecule has 0 bridgehead atoms. The summed E-state index contributed by atoms with van der Waals surface area (Å²) in [5.41, 5.74) is 2.72. The Bertz CT molecular complexity index is 535. The molecule has 0 spiro atoms. The molecule has 1 fully saturated rings. The van der Waals surface area contributed by atoms with Gasteiger partial charge in [-0.05, 0) is 50.4 Å². The number of aryl methyl sites for hydroxylation is 1. The molecule has 0 aromatic heterocycles. The minimum absolute atomic E-state index is 0.935. The number of nitrogens with one attached hydrogen (secondary N) is 2. The van der Waals surface area contributed by atoms with Crippen molar-refractivity contribution in [2.75, 3.05) is 57.8 Å². The minimum Gasteiger partial charge on any atom is -0.369 e. The third-order valence-electron chi connectivity index (χ3n) is 4.98. The van der Waals surface area contributed by atoms with Crippen LogP contribution in [0.4, 0.5) is 5.69 Å². The lowest BCUT2D eigenvalue weighted by molar-refractivity contribution is 0.253. The molecule has 1 heterocycles. The van der Waals surface area contributed by atoms with Crippen LogP contribution in [0.2, 0.25) is 0 Å². The summed E-state index contributed by atoms with van der Waals surface area (Å²) in [5, 5.41) is 6.77. The van der Waals surface area contributed by atoms with Gasteiger partial charge in [0, 0.05) is 52.0 Å². The lowest BCUT2D eigenvalue weighted by Gasteiger charge is -2.36. The van der Waals surface area contributed by atoms with Gasteiger partial charge >= 0.3 is 0 Å². The van der Waals surface area contributed by atoms with Crippen LogP contribution in [0.15, 0.2) is 29.3 Å². The van der Waals surface area contributed by atoms with Crippen molar-refractivity contribution in [1.82, 2.24) is 15.5 Å². The molecule has 26 heavy (non-hydrogen) atoms. The molecule has 1 aromatic rings. The summed E-state index contributed by atoms with van der Waals surface area (Å²) in [4.78, 5) is 9.38. The second-order valence-electron chi connectivity index (χ2n) is 7.15. The molecule has 5 nitrogen and oxygen atoms in total. The molecule has 2 N–H and O–H groups in total. The van der Waals surface area contributed by atoms with Crippen LogP contribution >= 0.6 is 0 Å². The van der Waals surface area contributed by atoms with Gasteiger partial charge in [-0.15, -0.1) is 0 Å². The molecular weight excluding hydrogens is 322 g/mol. The molecular formula is C21H37N5. The van der Waals surface area contributed by atoms with Gasteiger partial charge in [0.25, 0.3) is 0 Å². The zero-order valence-electron chi connectivity index (χ0n) is 16.9. The van der Waals surface area contributed by atoms with Crippen molar-refractivity contribution in [2.24, 2.45) is 4.99 Å². The standard InChI is InChI=1S/C21H37N5/c1-4-5-11-23-21(22-3)24-12-6-7-13-25-14-16-26(17-15-25)20-10-8-9-19(2)18-20/h8-10,18H,4-7,11-17H2,1-3H3,(H2,22,23,24). The molecule has 1 saturated heterocycles. The van der Waals surface area contributed by atoms with Crippen LogP contribution in [-0.4, -0.2) is 63.7 Å². The van der Waals surface area contributed by atoms with Gasteiger partial charge in [-0.2, -0.15) is 0 Å². The monoisotopic (exact) mass is 359 g/mol. The van der Waals surface area contributed by atoms with E-state index >= 15 is 0 Å². The topological polar surface area (TPSA) is 42.9 Å². The fraction of sp³-hybridized carbons (Fsp3) is 0.667. The van der Waals surface area contributed by atoms with E-state index in [0.717, 1.165) is 32.1 Å². The predicted octanol–water partition coefficient (Wildman–Crippen LogP) is 2.86. The molecule has 0 aliphatic carbocycles. The fourth-order valence-corrected chi connectivity index (χ4v) is 3.33. The molecule has 0 saturated carbocycles. The first-order valence-corrected chi connectivity index (χ1v) is 10.2. The molecule has 5 heteroatoms. The number of rotatable bonds is 9. The van der Waals surface area contributed by atoms with Crippen molar-refractivity contribution in [1.29, 1.82) is 0 Å². The van der Waals surface area contributed by atoms with Crippen molar-refractivity contribution < 1.29 is 0 Å². The Morgan fingerprint density at radius 2 is 1.77 bits per heavy atom. The van der Waals surface area contributed by atoms with Crippen LogP contribution in [0.5, 0.6) is 0 Å². The summed E-state index contributed by atoms with van der Waals surface area (Å²) in [7, 11) is 1.84. The Labute approximate surface area is 159 Å². The summed E-state index contributed by atoms with van der Waals surface area (Å²) >= 11 is 0.